The highest BCUT2D eigenvalue weighted by atomic mass is 32.2. The number of thiazole rings is 1. The Labute approximate surface area is 139 Å². The molecule has 3 aromatic rings. The van der Waals surface area contributed by atoms with Crippen LogP contribution in [0.2, 0.25) is 0 Å². The Kier molecular flexibility index (Phi) is 4.34. The van der Waals surface area contributed by atoms with E-state index in [2.05, 4.69) is 9.71 Å². The molecule has 0 saturated carbocycles. The van der Waals surface area contributed by atoms with E-state index in [-0.39, 0.29) is 10.8 Å². The highest BCUT2D eigenvalue weighted by molar-refractivity contribution is 7.89. The molecule has 120 valence electrons. The minimum Gasteiger partial charge on any atom is -0.399 e. The third-order valence-corrected chi connectivity index (χ3v) is 6.21. The predicted octanol–water partition coefficient (Wildman–Crippen LogP) is 2.96. The molecule has 0 bridgehead atoms. The molecule has 7 heteroatoms. The summed E-state index contributed by atoms with van der Waals surface area (Å²) >= 11 is 1.59. The number of nitrogens with zero attached hydrogens (tertiary/aromatic N) is 1. The summed E-state index contributed by atoms with van der Waals surface area (Å²) in [5, 5.41) is 0.922. The number of rotatable bonds is 5. The van der Waals surface area contributed by atoms with Crippen LogP contribution >= 0.6 is 11.3 Å². The van der Waals surface area contributed by atoms with Gasteiger partial charge in [-0.05, 0) is 36.4 Å². The van der Waals surface area contributed by atoms with Crippen molar-refractivity contribution in [2.75, 3.05) is 12.3 Å². The average molecular weight is 347 g/mol. The lowest BCUT2D eigenvalue weighted by atomic mass is 10.2. The molecule has 1 heterocycles. The molecule has 0 aliphatic rings. The number of fused-ring (bicyclic) bond motifs is 1. The summed E-state index contributed by atoms with van der Waals surface area (Å²) in [4.78, 5) is 4.78. The van der Waals surface area contributed by atoms with Gasteiger partial charge in [0.25, 0.3) is 0 Å². The zero-order chi connectivity index (χ0) is 16.4. The number of hydrogen-bond acceptors (Lipinski definition) is 5. The molecule has 3 N–H and O–H groups in total. The maximum absolute atomic E-state index is 12.3. The molecule has 0 saturated heterocycles. The van der Waals surface area contributed by atoms with Gasteiger partial charge in [-0.1, -0.05) is 19.1 Å². The molecule has 1 atom stereocenters. The molecule has 0 amide bonds. The van der Waals surface area contributed by atoms with Crippen LogP contribution in [0.1, 0.15) is 17.8 Å². The topological polar surface area (TPSA) is 85.1 Å². The maximum Gasteiger partial charge on any atom is 0.240 e. The molecular weight excluding hydrogens is 330 g/mol. The molecule has 0 aliphatic heterocycles. The van der Waals surface area contributed by atoms with E-state index in [0.29, 0.717) is 12.2 Å². The molecule has 1 unspecified atom stereocenters. The van der Waals surface area contributed by atoms with E-state index in [4.69, 9.17) is 5.73 Å². The van der Waals surface area contributed by atoms with Crippen molar-refractivity contribution in [1.29, 1.82) is 0 Å². The van der Waals surface area contributed by atoms with Crippen LogP contribution in [0.25, 0.3) is 10.2 Å². The van der Waals surface area contributed by atoms with E-state index in [1.54, 1.807) is 23.5 Å². The zero-order valence-corrected chi connectivity index (χ0v) is 14.2. The van der Waals surface area contributed by atoms with E-state index in [1.165, 1.54) is 12.1 Å². The van der Waals surface area contributed by atoms with Crippen LogP contribution in [0.4, 0.5) is 5.69 Å². The van der Waals surface area contributed by atoms with Gasteiger partial charge in [-0.25, -0.2) is 18.1 Å². The number of aromatic nitrogens is 1. The van der Waals surface area contributed by atoms with Crippen LogP contribution in [0.3, 0.4) is 0 Å². The molecule has 0 spiro atoms. The van der Waals surface area contributed by atoms with Crippen molar-refractivity contribution in [3.05, 3.63) is 53.5 Å². The molecule has 3 rings (SSSR count). The van der Waals surface area contributed by atoms with Crippen molar-refractivity contribution >= 4 is 37.3 Å². The first-order valence-electron chi connectivity index (χ1n) is 7.16. The summed E-state index contributed by atoms with van der Waals surface area (Å²) in [5.41, 5.74) is 7.06. The number of anilines is 1. The number of sulfonamides is 1. The second kappa shape index (κ2) is 6.27. The van der Waals surface area contributed by atoms with Crippen LogP contribution in [0.5, 0.6) is 0 Å². The third kappa shape index (κ3) is 3.52. The Bertz CT molecular complexity index is 885. The molecule has 0 aliphatic carbocycles. The van der Waals surface area contributed by atoms with Crippen LogP contribution in [0.15, 0.2) is 53.4 Å². The number of hydrogen-bond donors (Lipinski definition) is 2. The van der Waals surface area contributed by atoms with E-state index in [0.717, 1.165) is 15.2 Å². The van der Waals surface area contributed by atoms with Crippen LogP contribution in [-0.2, 0) is 10.0 Å². The van der Waals surface area contributed by atoms with E-state index >= 15 is 0 Å². The Hall–Kier alpha value is -1.96. The van der Waals surface area contributed by atoms with E-state index < -0.39 is 10.0 Å². The first-order chi connectivity index (χ1) is 11.0. The van der Waals surface area contributed by atoms with Gasteiger partial charge in [-0.2, -0.15) is 0 Å². The minimum atomic E-state index is -3.54. The van der Waals surface area contributed by atoms with Crippen molar-refractivity contribution in [2.45, 2.75) is 17.7 Å². The van der Waals surface area contributed by atoms with Gasteiger partial charge in [0.15, 0.2) is 0 Å². The molecule has 1 aromatic heterocycles. The summed E-state index contributed by atoms with van der Waals surface area (Å²) in [6, 6.07) is 14.0. The number of para-hydroxylation sites is 1. The highest BCUT2D eigenvalue weighted by Gasteiger charge is 2.17. The maximum atomic E-state index is 12.3. The number of nitrogens with one attached hydrogen (secondary N) is 1. The van der Waals surface area contributed by atoms with Crippen molar-refractivity contribution in [3.63, 3.8) is 0 Å². The van der Waals surface area contributed by atoms with Crippen molar-refractivity contribution in [1.82, 2.24) is 9.71 Å². The fourth-order valence-electron chi connectivity index (χ4n) is 2.15. The van der Waals surface area contributed by atoms with Crippen LogP contribution in [0, 0.1) is 0 Å². The van der Waals surface area contributed by atoms with Crippen molar-refractivity contribution in [3.8, 4) is 0 Å². The lowest BCUT2D eigenvalue weighted by molar-refractivity contribution is 0.575. The summed E-state index contributed by atoms with van der Waals surface area (Å²) in [7, 11) is -3.54. The molecule has 23 heavy (non-hydrogen) atoms. The van der Waals surface area contributed by atoms with Gasteiger partial charge >= 0.3 is 0 Å². The standard InChI is InChI=1S/C16H17N3O2S2/c1-11(16-19-14-4-2-3-5-15(14)22-16)10-18-23(20,21)13-8-6-12(17)7-9-13/h2-9,11,18H,10,17H2,1H3. The van der Waals surface area contributed by atoms with Crippen LogP contribution in [-0.4, -0.2) is 19.9 Å². The molecule has 5 nitrogen and oxygen atoms in total. The van der Waals surface area contributed by atoms with Gasteiger partial charge in [0.05, 0.1) is 20.1 Å². The lowest BCUT2D eigenvalue weighted by Gasteiger charge is -2.11. The molecular formula is C16H17N3O2S2. The van der Waals surface area contributed by atoms with Gasteiger partial charge in [0.1, 0.15) is 0 Å². The normalized spacial score (nSPS) is 13.3. The molecule has 0 fully saturated rings. The van der Waals surface area contributed by atoms with Crippen LogP contribution < -0.4 is 10.5 Å². The third-order valence-electron chi connectivity index (χ3n) is 3.50. The van der Waals surface area contributed by atoms with Gasteiger partial charge in [0, 0.05) is 18.2 Å². The Morgan fingerprint density at radius 3 is 2.57 bits per heavy atom. The SMILES string of the molecule is CC(CNS(=O)(=O)c1ccc(N)cc1)c1nc2ccccc2s1. The Morgan fingerprint density at radius 2 is 1.87 bits per heavy atom. The lowest BCUT2D eigenvalue weighted by Crippen LogP contribution is -2.27. The first kappa shape index (κ1) is 15.9. The monoisotopic (exact) mass is 347 g/mol. The summed E-state index contributed by atoms with van der Waals surface area (Å²) in [6.45, 7) is 2.26. The van der Waals surface area contributed by atoms with Crippen molar-refractivity contribution < 1.29 is 8.42 Å². The van der Waals surface area contributed by atoms with E-state index in [1.807, 2.05) is 31.2 Å². The fourth-order valence-corrected chi connectivity index (χ4v) is 4.30. The smallest absolute Gasteiger partial charge is 0.240 e. The molecule has 2 aromatic carbocycles. The summed E-state index contributed by atoms with van der Waals surface area (Å²) in [6.07, 6.45) is 0. The first-order valence-corrected chi connectivity index (χ1v) is 9.46. The number of nitrogens with two attached hydrogens (primary N) is 1. The second-order valence-electron chi connectivity index (χ2n) is 5.34. The fraction of sp³-hybridized carbons (Fsp3) is 0.188. The van der Waals surface area contributed by atoms with Crippen molar-refractivity contribution in [2.24, 2.45) is 0 Å². The minimum absolute atomic E-state index is 0.00374. The Morgan fingerprint density at radius 1 is 1.17 bits per heavy atom. The number of nitrogen functional groups attached to an aromatic ring is 1. The largest absolute Gasteiger partial charge is 0.399 e. The Balaban J connectivity index is 1.72. The van der Waals surface area contributed by atoms with Gasteiger partial charge < -0.3 is 5.73 Å². The average Bonchev–Trinajstić information content (AvgIpc) is 2.97. The summed E-state index contributed by atoms with van der Waals surface area (Å²) in [5.74, 6) is -0.00374. The van der Waals surface area contributed by atoms with Gasteiger partial charge in [0.2, 0.25) is 10.0 Å². The predicted molar refractivity (Wildman–Crippen MR) is 94.1 cm³/mol. The van der Waals surface area contributed by atoms with E-state index in [9.17, 15) is 8.42 Å². The second-order valence-corrected chi connectivity index (χ2v) is 8.17. The zero-order valence-electron chi connectivity index (χ0n) is 12.6. The van der Waals surface area contributed by atoms with Gasteiger partial charge in [-0.15, -0.1) is 11.3 Å². The molecule has 0 radical (unpaired) electrons. The summed E-state index contributed by atoms with van der Waals surface area (Å²) < 4.78 is 28.3. The van der Waals surface area contributed by atoms with Gasteiger partial charge in [-0.3, -0.25) is 0 Å². The quantitative estimate of drug-likeness (QED) is 0.695. The highest BCUT2D eigenvalue weighted by Crippen LogP contribution is 2.27. The number of benzene rings is 2.